The molecule has 0 saturated heterocycles. The van der Waals surface area contributed by atoms with Gasteiger partial charge in [0.1, 0.15) is 5.82 Å². The highest BCUT2D eigenvalue weighted by molar-refractivity contribution is 7.89. The molecule has 0 aliphatic heterocycles. The van der Waals surface area contributed by atoms with Crippen LogP contribution in [0.4, 0.5) is 10.1 Å². The van der Waals surface area contributed by atoms with Gasteiger partial charge >= 0.3 is 0 Å². The molecule has 0 atom stereocenters. The van der Waals surface area contributed by atoms with Crippen LogP contribution in [0.3, 0.4) is 0 Å². The Morgan fingerprint density at radius 2 is 2.10 bits per heavy atom. The largest absolute Gasteiger partial charge is 0.325 e. The second-order valence-electron chi connectivity index (χ2n) is 4.17. The van der Waals surface area contributed by atoms with Crippen molar-refractivity contribution in [3.8, 4) is 0 Å². The highest BCUT2D eigenvalue weighted by atomic mass is 35.5. The van der Waals surface area contributed by atoms with E-state index < -0.39 is 21.7 Å². The van der Waals surface area contributed by atoms with E-state index in [4.69, 9.17) is 11.6 Å². The number of sulfonamides is 1. The number of hydrogen-bond donors (Lipinski definition) is 2. The van der Waals surface area contributed by atoms with Gasteiger partial charge in [-0.1, -0.05) is 24.9 Å². The fraction of sp³-hybridized carbons (Fsp3) is 0.417. The molecule has 0 fully saturated rings. The molecule has 1 aromatic carbocycles. The van der Waals surface area contributed by atoms with Crippen molar-refractivity contribution in [2.75, 3.05) is 17.6 Å². The molecular formula is C12H16ClFN2O3S. The molecule has 0 aromatic heterocycles. The maximum Gasteiger partial charge on any atom is 0.239 e. The van der Waals surface area contributed by atoms with Crippen molar-refractivity contribution in [1.82, 2.24) is 4.72 Å². The van der Waals surface area contributed by atoms with Crippen LogP contribution in [0.25, 0.3) is 0 Å². The fourth-order valence-corrected chi connectivity index (χ4v) is 2.71. The van der Waals surface area contributed by atoms with Crippen LogP contribution in [0.15, 0.2) is 18.2 Å². The Kier molecular flexibility index (Phi) is 6.38. The number of benzene rings is 1. The summed E-state index contributed by atoms with van der Waals surface area (Å²) in [7, 11) is -3.44. The fourth-order valence-electron chi connectivity index (χ4n) is 1.36. The average Bonchev–Trinajstić information content (AvgIpc) is 2.39. The van der Waals surface area contributed by atoms with Crippen molar-refractivity contribution >= 4 is 33.2 Å². The van der Waals surface area contributed by atoms with Gasteiger partial charge in [0.15, 0.2) is 0 Å². The quantitative estimate of drug-likeness (QED) is 0.807. The molecule has 0 unspecified atom stereocenters. The zero-order valence-electron chi connectivity index (χ0n) is 10.9. The maximum absolute atomic E-state index is 12.9. The number of hydrogen-bond acceptors (Lipinski definition) is 3. The molecule has 1 aromatic rings. The molecule has 0 heterocycles. The van der Waals surface area contributed by atoms with Crippen molar-refractivity contribution < 1.29 is 17.6 Å². The topological polar surface area (TPSA) is 75.3 Å². The number of carbonyl (C=O) groups excluding carboxylic acids is 1. The molecule has 5 nitrogen and oxygen atoms in total. The van der Waals surface area contributed by atoms with Crippen molar-refractivity contribution in [2.24, 2.45) is 0 Å². The average molecular weight is 323 g/mol. The van der Waals surface area contributed by atoms with Gasteiger partial charge in [0.2, 0.25) is 15.9 Å². The Morgan fingerprint density at radius 3 is 2.70 bits per heavy atom. The summed E-state index contributed by atoms with van der Waals surface area (Å²) in [5, 5.41) is 2.30. The number of amides is 1. The minimum Gasteiger partial charge on any atom is -0.325 e. The van der Waals surface area contributed by atoms with Crippen molar-refractivity contribution in [3.63, 3.8) is 0 Å². The molecule has 8 heteroatoms. The first-order valence-corrected chi connectivity index (χ1v) is 8.09. The van der Waals surface area contributed by atoms with Crippen LogP contribution in [-0.4, -0.2) is 26.6 Å². The van der Waals surface area contributed by atoms with E-state index in [9.17, 15) is 17.6 Å². The lowest BCUT2D eigenvalue weighted by atomic mass is 10.3. The second kappa shape index (κ2) is 7.56. The summed E-state index contributed by atoms with van der Waals surface area (Å²) in [5.74, 6) is -1.16. The van der Waals surface area contributed by atoms with Crippen molar-refractivity contribution in [3.05, 3.63) is 29.0 Å². The SMILES string of the molecule is CCCCS(=O)(=O)NCC(=O)Nc1ccc(F)c(Cl)c1. The summed E-state index contributed by atoms with van der Waals surface area (Å²) in [6.45, 7) is 1.50. The van der Waals surface area contributed by atoms with Crippen LogP contribution < -0.4 is 10.0 Å². The van der Waals surface area contributed by atoms with Gasteiger partial charge in [-0.15, -0.1) is 0 Å². The highest BCUT2D eigenvalue weighted by Crippen LogP contribution is 2.19. The van der Waals surface area contributed by atoms with E-state index in [1.807, 2.05) is 6.92 Å². The molecule has 20 heavy (non-hydrogen) atoms. The Morgan fingerprint density at radius 1 is 1.40 bits per heavy atom. The zero-order valence-corrected chi connectivity index (χ0v) is 12.5. The Balaban J connectivity index is 2.49. The molecule has 112 valence electrons. The number of unbranched alkanes of at least 4 members (excludes halogenated alkanes) is 1. The van der Waals surface area contributed by atoms with Gasteiger partial charge in [-0.05, 0) is 24.6 Å². The van der Waals surface area contributed by atoms with Gasteiger partial charge in [-0.25, -0.2) is 17.5 Å². The van der Waals surface area contributed by atoms with Gasteiger partial charge in [-0.2, -0.15) is 0 Å². The van der Waals surface area contributed by atoms with E-state index >= 15 is 0 Å². The van der Waals surface area contributed by atoms with Gasteiger partial charge in [0.05, 0.1) is 17.3 Å². The van der Waals surface area contributed by atoms with Crippen LogP contribution in [0.1, 0.15) is 19.8 Å². The van der Waals surface area contributed by atoms with E-state index in [1.54, 1.807) is 0 Å². The third-order valence-electron chi connectivity index (χ3n) is 2.42. The zero-order chi connectivity index (χ0) is 15.2. The normalized spacial score (nSPS) is 11.3. The molecule has 0 spiro atoms. The molecule has 0 aliphatic carbocycles. The summed E-state index contributed by atoms with van der Waals surface area (Å²) in [4.78, 5) is 11.6. The Bertz CT molecular complexity index is 578. The smallest absolute Gasteiger partial charge is 0.239 e. The predicted molar refractivity (Wildman–Crippen MR) is 76.7 cm³/mol. The summed E-state index contributed by atoms with van der Waals surface area (Å²) in [6, 6.07) is 3.70. The lowest BCUT2D eigenvalue weighted by molar-refractivity contribution is -0.115. The number of carbonyl (C=O) groups is 1. The van der Waals surface area contributed by atoms with Gasteiger partial charge in [0, 0.05) is 5.69 Å². The van der Waals surface area contributed by atoms with Gasteiger partial charge in [-0.3, -0.25) is 4.79 Å². The minimum atomic E-state index is -3.44. The molecule has 0 aliphatic rings. The van der Waals surface area contributed by atoms with E-state index in [1.165, 1.54) is 12.1 Å². The van der Waals surface area contributed by atoms with Gasteiger partial charge in [0.25, 0.3) is 0 Å². The molecule has 0 bridgehead atoms. The number of halogens is 2. The number of rotatable bonds is 7. The van der Waals surface area contributed by atoms with Crippen LogP contribution >= 0.6 is 11.6 Å². The van der Waals surface area contributed by atoms with Crippen molar-refractivity contribution in [1.29, 1.82) is 0 Å². The highest BCUT2D eigenvalue weighted by Gasteiger charge is 2.12. The predicted octanol–water partition coefficient (Wildman–Crippen LogP) is 2.14. The van der Waals surface area contributed by atoms with Gasteiger partial charge < -0.3 is 5.32 Å². The van der Waals surface area contributed by atoms with E-state index in [2.05, 4.69) is 10.0 Å². The molecule has 1 amide bonds. The minimum absolute atomic E-state index is 0.0147. The molecule has 1 rings (SSSR count). The molecular weight excluding hydrogens is 307 g/mol. The van der Waals surface area contributed by atoms with E-state index in [0.717, 1.165) is 12.5 Å². The maximum atomic E-state index is 12.9. The third kappa shape index (κ3) is 5.85. The van der Waals surface area contributed by atoms with Crippen LogP contribution in [-0.2, 0) is 14.8 Å². The summed E-state index contributed by atoms with van der Waals surface area (Å²) >= 11 is 5.57. The first kappa shape index (κ1) is 16.9. The lowest BCUT2D eigenvalue weighted by Gasteiger charge is -2.08. The first-order chi connectivity index (χ1) is 9.34. The van der Waals surface area contributed by atoms with E-state index in [0.29, 0.717) is 12.1 Å². The Labute approximate surface area is 122 Å². The standard InChI is InChI=1S/C12H16ClFN2O3S/c1-2-3-6-20(18,19)15-8-12(17)16-9-4-5-11(14)10(13)7-9/h4-5,7,15H,2-3,6,8H2,1H3,(H,16,17). The molecule has 2 N–H and O–H groups in total. The number of nitrogens with one attached hydrogen (secondary N) is 2. The Hall–Kier alpha value is -1.18. The lowest BCUT2D eigenvalue weighted by Crippen LogP contribution is -2.34. The summed E-state index contributed by atoms with van der Waals surface area (Å²) in [5.41, 5.74) is 0.300. The monoisotopic (exact) mass is 322 g/mol. The van der Waals surface area contributed by atoms with Crippen molar-refractivity contribution in [2.45, 2.75) is 19.8 Å². The molecule has 0 radical (unpaired) electrons. The van der Waals surface area contributed by atoms with Crippen LogP contribution in [0.5, 0.6) is 0 Å². The number of anilines is 1. The first-order valence-electron chi connectivity index (χ1n) is 6.06. The molecule has 0 saturated carbocycles. The van der Waals surface area contributed by atoms with E-state index in [-0.39, 0.29) is 17.3 Å². The van der Waals surface area contributed by atoms with Crippen LogP contribution in [0, 0.1) is 5.82 Å². The summed E-state index contributed by atoms with van der Waals surface area (Å²) < 4.78 is 38.1. The second-order valence-corrected chi connectivity index (χ2v) is 6.50. The summed E-state index contributed by atoms with van der Waals surface area (Å²) in [6.07, 6.45) is 1.28. The third-order valence-corrected chi connectivity index (χ3v) is 4.12. The van der Waals surface area contributed by atoms with Crippen LogP contribution in [0.2, 0.25) is 5.02 Å².